The zero-order valence-corrected chi connectivity index (χ0v) is 11.5. The Morgan fingerprint density at radius 1 is 1.05 bits per heavy atom. The first-order chi connectivity index (χ1) is 9.02. The maximum Gasteiger partial charge on any atom is 0.195 e. The lowest BCUT2D eigenvalue weighted by atomic mass is 9.98. The van der Waals surface area contributed by atoms with Gasteiger partial charge in [-0.1, -0.05) is 0 Å². The summed E-state index contributed by atoms with van der Waals surface area (Å²) >= 11 is 0. The molecular weight excluding hydrogens is 240 g/mol. The van der Waals surface area contributed by atoms with Gasteiger partial charge in [-0.15, -0.1) is 0 Å². The average molecular weight is 256 g/mol. The maximum absolute atomic E-state index is 12.5. The van der Waals surface area contributed by atoms with E-state index in [0.717, 1.165) is 17.0 Å². The molecule has 4 nitrogen and oxygen atoms in total. The summed E-state index contributed by atoms with van der Waals surface area (Å²) in [7, 11) is 1.61. The molecule has 2 rings (SSSR count). The molecule has 0 saturated heterocycles. The maximum atomic E-state index is 12.5. The fourth-order valence-electron chi connectivity index (χ4n) is 1.94. The molecule has 4 heteroatoms. The number of aryl methyl sites for hydroxylation is 3. The Labute approximate surface area is 112 Å². The lowest BCUT2D eigenvalue weighted by molar-refractivity contribution is 0.103. The van der Waals surface area contributed by atoms with E-state index in [1.807, 2.05) is 19.9 Å². The largest absolute Gasteiger partial charge is 0.497 e. The minimum absolute atomic E-state index is 0.0318. The summed E-state index contributed by atoms with van der Waals surface area (Å²) in [5.74, 6) is 0.713. The topological polar surface area (TPSA) is 52.1 Å². The van der Waals surface area contributed by atoms with Crippen LogP contribution in [0.3, 0.4) is 0 Å². The molecule has 1 heterocycles. The fourth-order valence-corrected chi connectivity index (χ4v) is 1.94. The highest BCUT2D eigenvalue weighted by atomic mass is 16.5. The highest BCUT2D eigenvalue weighted by molar-refractivity contribution is 6.10. The average Bonchev–Trinajstić information content (AvgIpc) is 2.40. The number of rotatable bonds is 3. The van der Waals surface area contributed by atoms with Gasteiger partial charge < -0.3 is 4.74 Å². The van der Waals surface area contributed by atoms with Gasteiger partial charge in [0.1, 0.15) is 5.75 Å². The molecule has 0 radical (unpaired) electrons. The third-order valence-corrected chi connectivity index (χ3v) is 3.02. The summed E-state index contributed by atoms with van der Waals surface area (Å²) in [5, 5.41) is 7.94. The van der Waals surface area contributed by atoms with Crippen LogP contribution in [0, 0.1) is 20.8 Å². The molecule has 0 aliphatic heterocycles. The van der Waals surface area contributed by atoms with E-state index in [0.29, 0.717) is 16.8 Å². The molecule has 0 N–H and O–H groups in total. The SMILES string of the molecule is COc1ccc(C(=O)c2cc(C)nnc2C)c(C)c1. The van der Waals surface area contributed by atoms with E-state index in [1.165, 1.54) is 0 Å². The standard InChI is InChI=1S/C15H16N2O2/c1-9-7-12(19-4)5-6-13(9)15(18)14-8-10(2)16-17-11(14)3/h5-8H,1-4H3. The predicted octanol–water partition coefficient (Wildman–Crippen LogP) is 2.64. The van der Waals surface area contributed by atoms with Gasteiger partial charge in [0, 0.05) is 11.1 Å². The molecule has 2 aromatic rings. The Morgan fingerprint density at radius 2 is 1.79 bits per heavy atom. The van der Waals surface area contributed by atoms with Crippen LogP contribution in [0.1, 0.15) is 32.9 Å². The number of hydrogen-bond donors (Lipinski definition) is 0. The molecule has 0 spiro atoms. The van der Waals surface area contributed by atoms with Crippen molar-refractivity contribution < 1.29 is 9.53 Å². The molecule has 0 unspecified atom stereocenters. The van der Waals surface area contributed by atoms with Crippen LogP contribution < -0.4 is 4.74 Å². The molecule has 0 aliphatic carbocycles. The minimum Gasteiger partial charge on any atom is -0.497 e. The number of aromatic nitrogens is 2. The molecule has 0 fully saturated rings. The van der Waals surface area contributed by atoms with Crippen molar-refractivity contribution in [3.05, 3.63) is 52.3 Å². The first-order valence-corrected chi connectivity index (χ1v) is 6.03. The van der Waals surface area contributed by atoms with Gasteiger partial charge in [0.15, 0.2) is 5.78 Å². The lowest BCUT2D eigenvalue weighted by Crippen LogP contribution is -2.08. The van der Waals surface area contributed by atoms with E-state index < -0.39 is 0 Å². The van der Waals surface area contributed by atoms with E-state index in [9.17, 15) is 4.79 Å². The quantitative estimate of drug-likeness (QED) is 0.792. The van der Waals surface area contributed by atoms with E-state index in [4.69, 9.17) is 4.74 Å². The van der Waals surface area contributed by atoms with E-state index in [-0.39, 0.29) is 5.78 Å². The number of carbonyl (C=O) groups is 1. The summed E-state index contributed by atoms with van der Waals surface area (Å²) in [5.41, 5.74) is 3.53. The third kappa shape index (κ3) is 2.62. The predicted molar refractivity (Wildman–Crippen MR) is 72.7 cm³/mol. The van der Waals surface area contributed by atoms with Crippen LogP contribution in [0.4, 0.5) is 0 Å². The van der Waals surface area contributed by atoms with Crippen molar-refractivity contribution in [1.82, 2.24) is 10.2 Å². The van der Waals surface area contributed by atoms with Crippen molar-refractivity contribution in [3.63, 3.8) is 0 Å². The molecule has 0 atom stereocenters. The van der Waals surface area contributed by atoms with E-state index in [2.05, 4.69) is 10.2 Å². The number of ketones is 1. The van der Waals surface area contributed by atoms with Gasteiger partial charge in [0.25, 0.3) is 0 Å². The molecule has 0 aliphatic rings. The van der Waals surface area contributed by atoms with Gasteiger partial charge in [-0.3, -0.25) is 4.79 Å². The Bertz CT molecular complexity index is 636. The Kier molecular flexibility index (Phi) is 3.60. The Balaban J connectivity index is 2.47. The summed E-state index contributed by atoms with van der Waals surface area (Å²) in [6.07, 6.45) is 0. The van der Waals surface area contributed by atoms with Gasteiger partial charge >= 0.3 is 0 Å². The molecule has 1 aromatic heterocycles. The van der Waals surface area contributed by atoms with Gasteiger partial charge in [0.2, 0.25) is 0 Å². The highest BCUT2D eigenvalue weighted by Gasteiger charge is 2.16. The minimum atomic E-state index is -0.0318. The van der Waals surface area contributed by atoms with Crippen molar-refractivity contribution in [2.45, 2.75) is 20.8 Å². The molecular formula is C15H16N2O2. The van der Waals surface area contributed by atoms with E-state index >= 15 is 0 Å². The summed E-state index contributed by atoms with van der Waals surface area (Å²) in [6, 6.07) is 7.20. The van der Waals surface area contributed by atoms with Crippen LogP contribution in [0.5, 0.6) is 5.75 Å². The van der Waals surface area contributed by atoms with Crippen molar-refractivity contribution in [1.29, 1.82) is 0 Å². The van der Waals surface area contributed by atoms with Gasteiger partial charge in [-0.25, -0.2) is 0 Å². The molecule has 0 bridgehead atoms. The van der Waals surface area contributed by atoms with Gasteiger partial charge in [0.05, 0.1) is 18.5 Å². The number of hydrogen-bond acceptors (Lipinski definition) is 4. The number of methoxy groups -OCH3 is 1. The summed E-state index contributed by atoms with van der Waals surface area (Å²) in [4.78, 5) is 12.5. The molecule has 19 heavy (non-hydrogen) atoms. The first-order valence-electron chi connectivity index (χ1n) is 6.03. The van der Waals surface area contributed by atoms with Crippen LogP contribution in [-0.2, 0) is 0 Å². The second-order valence-corrected chi connectivity index (χ2v) is 4.49. The summed E-state index contributed by atoms with van der Waals surface area (Å²) < 4.78 is 5.14. The van der Waals surface area contributed by atoms with Gasteiger partial charge in [-0.2, -0.15) is 10.2 Å². The molecule has 0 amide bonds. The van der Waals surface area contributed by atoms with Crippen molar-refractivity contribution >= 4 is 5.78 Å². The zero-order valence-electron chi connectivity index (χ0n) is 11.5. The van der Waals surface area contributed by atoms with E-state index in [1.54, 1.807) is 32.2 Å². The van der Waals surface area contributed by atoms with Crippen molar-refractivity contribution in [2.24, 2.45) is 0 Å². The van der Waals surface area contributed by atoms with Crippen LogP contribution in [0.15, 0.2) is 24.3 Å². The van der Waals surface area contributed by atoms with Crippen LogP contribution in [-0.4, -0.2) is 23.1 Å². The number of carbonyl (C=O) groups excluding carboxylic acids is 1. The number of nitrogens with zero attached hydrogens (tertiary/aromatic N) is 2. The zero-order chi connectivity index (χ0) is 14.0. The van der Waals surface area contributed by atoms with Crippen LogP contribution in [0.25, 0.3) is 0 Å². The monoisotopic (exact) mass is 256 g/mol. The lowest BCUT2D eigenvalue weighted by Gasteiger charge is -2.09. The smallest absolute Gasteiger partial charge is 0.195 e. The fraction of sp³-hybridized carbons (Fsp3) is 0.267. The summed E-state index contributed by atoms with van der Waals surface area (Å²) in [6.45, 7) is 5.51. The van der Waals surface area contributed by atoms with Crippen LogP contribution >= 0.6 is 0 Å². The van der Waals surface area contributed by atoms with Crippen molar-refractivity contribution in [2.75, 3.05) is 7.11 Å². The first kappa shape index (κ1) is 13.2. The second-order valence-electron chi connectivity index (χ2n) is 4.49. The number of ether oxygens (including phenoxy) is 1. The second kappa shape index (κ2) is 5.18. The van der Waals surface area contributed by atoms with Crippen molar-refractivity contribution in [3.8, 4) is 5.75 Å². The Morgan fingerprint density at radius 3 is 2.42 bits per heavy atom. The normalized spacial score (nSPS) is 10.3. The van der Waals surface area contributed by atoms with Gasteiger partial charge in [-0.05, 0) is 50.6 Å². The molecule has 98 valence electrons. The Hall–Kier alpha value is -2.23. The van der Waals surface area contributed by atoms with Crippen LogP contribution in [0.2, 0.25) is 0 Å². The molecule has 1 aromatic carbocycles. The molecule has 0 saturated carbocycles. The highest BCUT2D eigenvalue weighted by Crippen LogP contribution is 2.20. The third-order valence-electron chi connectivity index (χ3n) is 3.02. The number of benzene rings is 1.